The fraction of sp³-hybridized carbons (Fsp3) is 0.333. The minimum atomic E-state index is -0.518. The second-order valence-electron chi connectivity index (χ2n) is 7.60. The summed E-state index contributed by atoms with van der Waals surface area (Å²) in [4.78, 5) is 27.8. The van der Waals surface area contributed by atoms with Gasteiger partial charge in [0.2, 0.25) is 0 Å². The molecule has 2 heterocycles. The van der Waals surface area contributed by atoms with Crippen LogP contribution in [0, 0.1) is 5.82 Å². The van der Waals surface area contributed by atoms with E-state index in [2.05, 4.69) is 0 Å². The largest absolute Gasteiger partial charge is 0.444 e. The van der Waals surface area contributed by atoms with E-state index in [0.29, 0.717) is 50.6 Å². The quantitative estimate of drug-likeness (QED) is 0.628. The van der Waals surface area contributed by atoms with E-state index in [4.69, 9.17) is 9.47 Å². The van der Waals surface area contributed by atoms with Crippen LogP contribution in [0.2, 0.25) is 0 Å². The molecule has 0 radical (unpaired) electrons. The molecular weight excluding hydrogens is 399 g/mol. The van der Waals surface area contributed by atoms with Crippen LogP contribution in [0.3, 0.4) is 0 Å². The van der Waals surface area contributed by atoms with Gasteiger partial charge in [-0.25, -0.2) is 9.18 Å². The number of hydrogen-bond donors (Lipinski definition) is 0. The van der Waals surface area contributed by atoms with Crippen LogP contribution in [0.15, 0.2) is 54.6 Å². The lowest BCUT2D eigenvalue weighted by Gasteiger charge is -2.29. The van der Waals surface area contributed by atoms with E-state index < -0.39 is 12.2 Å². The predicted molar refractivity (Wildman–Crippen MR) is 117 cm³/mol. The summed E-state index contributed by atoms with van der Waals surface area (Å²) in [5.41, 5.74) is 1.92. The molecule has 2 aliphatic rings. The van der Waals surface area contributed by atoms with E-state index in [9.17, 15) is 14.0 Å². The van der Waals surface area contributed by atoms with Crippen molar-refractivity contribution < 1.29 is 23.5 Å². The summed E-state index contributed by atoms with van der Waals surface area (Å²) in [6, 6.07) is 14.4. The molecule has 0 bridgehead atoms. The van der Waals surface area contributed by atoms with Crippen LogP contribution in [-0.2, 0) is 14.3 Å². The van der Waals surface area contributed by atoms with Crippen molar-refractivity contribution in [2.45, 2.75) is 18.9 Å². The summed E-state index contributed by atoms with van der Waals surface area (Å²) < 4.78 is 25.4. The number of allylic oxidation sites excluding steroid dienone is 1. The molecule has 6 nitrogen and oxygen atoms in total. The van der Waals surface area contributed by atoms with Gasteiger partial charge in [-0.1, -0.05) is 36.4 Å². The molecule has 0 saturated carbocycles. The minimum Gasteiger partial charge on any atom is -0.444 e. The maximum absolute atomic E-state index is 14.7. The Hall–Kier alpha value is -3.19. The molecule has 0 N–H and O–H groups in total. The maximum atomic E-state index is 14.7. The Balaban J connectivity index is 1.32. The van der Waals surface area contributed by atoms with Crippen LogP contribution in [0.4, 0.5) is 20.6 Å². The number of benzene rings is 2. The van der Waals surface area contributed by atoms with Gasteiger partial charge in [-0.3, -0.25) is 9.69 Å². The van der Waals surface area contributed by atoms with Gasteiger partial charge in [0.1, 0.15) is 11.9 Å². The number of nitrogens with zero attached hydrogens (tertiary/aromatic N) is 2. The third-order valence-corrected chi connectivity index (χ3v) is 5.44. The highest BCUT2D eigenvalue weighted by Gasteiger charge is 2.33. The van der Waals surface area contributed by atoms with Crippen LogP contribution >= 0.6 is 0 Å². The number of rotatable bonds is 7. The number of amides is 1. The summed E-state index contributed by atoms with van der Waals surface area (Å²) >= 11 is 0. The number of hydrogen-bond acceptors (Lipinski definition) is 5. The molecule has 1 atom stereocenters. The van der Waals surface area contributed by atoms with Crippen molar-refractivity contribution in [1.29, 1.82) is 0 Å². The van der Waals surface area contributed by atoms with Crippen molar-refractivity contribution in [2.75, 3.05) is 42.6 Å². The molecule has 0 spiro atoms. The Morgan fingerprint density at radius 3 is 2.65 bits per heavy atom. The van der Waals surface area contributed by atoms with Gasteiger partial charge >= 0.3 is 6.09 Å². The third kappa shape index (κ3) is 5.30. The minimum absolute atomic E-state index is 0.0285. The lowest BCUT2D eigenvalue weighted by Crippen LogP contribution is -2.36. The van der Waals surface area contributed by atoms with E-state index in [0.717, 1.165) is 5.56 Å². The van der Waals surface area contributed by atoms with Crippen LogP contribution in [0.25, 0.3) is 6.08 Å². The molecule has 162 valence electrons. The monoisotopic (exact) mass is 424 g/mol. The molecule has 31 heavy (non-hydrogen) atoms. The van der Waals surface area contributed by atoms with Crippen molar-refractivity contribution in [3.05, 3.63) is 66.0 Å². The highest BCUT2D eigenvalue weighted by atomic mass is 19.1. The van der Waals surface area contributed by atoms with Crippen molar-refractivity contribution in [1.82, 2.24) is 0 Å². The zero-order valence-corrected chi connectivity index (χ0v) is 17.2. The first-order valence-electron chi connectivity index (χ1n) is 10.5. The molecule has 0 unspecified atom stereocenters. The van der Waals surface area contributed by atoms with Crippen molar-refractivity contribution in [3.63, 3.8) is 0 Å². The van der Waals surface area contributed by atoms with Gasteiger partial charge < -0.3 is 14.4 Å². The molecule has 0 aromatic heterocycles. The van der Waals surface area contributed by atoms with Gasteiger partial charge in [-0.2, -0.15) is 0 Å². The third-order valence-electron chi connectivity index (χ3n) is 5.44. The Bertz CT molecular complexity index is 957. The molecular formula is C24H25FN2O4. The van der Waals surface area contributed by atoms with Gasteiger partial charge in [-0.15, -0.1) is 0 Å². The fourth-order valence-corrected chi connectivity index (χ4v) is 3.75. The first kappa shape index (κ1) is 21.1. The number of halogens is 1. The summed E-state index contributed by atoms with van der Waals surface area (Å²) in [5, 5.41) is 0. The van der Waals surface area contributed by atoms with Crippen molar-refractivity contribution >= 4 is 29.3 Å². The summed E-state index contributed by atoms with van der Waals surface area (Å²) in [5.74, 6) is -0.406. The van der Waals surface area contributed by atoms with Crippen LogP contribution in [0.5, 0.6) is 0 Å². The van der Waals surface area contributed by atoms with Gasteiger partial charge in [0.25, 0.3) is 0 Å². The number of carbonyl (C=O) groups excluding carboxylic acids is 2. The number of morpholine rings is 1. The Morgan fingerprint density at radius 2 is 1.90 bits per heavy atom. The van der Waals surface area contributed by atoms with E-state index in [1.165, 1.54) is 11.0 Å². The zero-order chi connectivity index (χ0) is 21.6. The Morgan fingerprint density at radius 1 is 1.13 bits per heavy atom. The van der Waals surface area contributed by atoms with Crippen molar-refractivity contribution in [3.8, 4) is 0 Å². The average molecular weight is 424 g/mol. The summed E-state index contributed by atoms with van der Waals surface area (Å²) in [7, 11) is 0. The fourth-order valence-electron chi connectivity index (χ4n) is 3.75. The molecule has 2 aromatic carbocycles. The first-order chi connectivity index (χ1) is 15.1. The van der Waals surface area contributed by atoms with E-state index in [1.807, 2.05) is 35.2 Å². The smallest absolute Gasteiger partial charge is 0.414 e. The van der Waals surface area contributed by atoms with Gasteiger partial charge in [0.15, 0.2) is 5.78 Å². The second kappa shape index (κ2) is 9.75. The highest BCUT2D eigenvalue weighted by Crippen LogP contribution is 2.29. The number of cyclic esters (lactones) is 1. The average Bonchev–Trinajstić information content (AvgIpc) is 3.18. The molecule has 0 aliphatic carbocycles. The summed E-state index contributed by atoms with van der Waals surface area (Å²) in [6.45, 7) is 2.71. The molecule has 1 amide bonds. The molecule has 2 aliphatic heterocycles. The SMILES string of the molecule is O=C(/C=C/c1ccccc1)CC[C@H]1CN(c2ccc(N3CCOCC3)c(F)c2)C(=O)O1. The normalized spacial score (nSPS) is 19.1. The van der Waals surface area contributed by atoms with E-state index in [1.54, 1.807) is 24.3 Å². The second-order valence-corrected chi connectivity index (χ2v) is 7.60. The van der Waals surface area contributed by atoms with Crippen LogP contribution in [0.1, 0.15) is 18.4 Å². The molecule has 2 aromatic rings. The number of ketones is 1. The first-order valence-corrected chi connectivity index (χ1v) is 10.5. The topological polar surface area (TPSA) is 59.1 Å². The standard InChI is InChI=1S/C24H25FN2O4/c25-22-16-19(7-11-23(22)26-12-14-30-15-13-26)27-17-21(31-24(27)29)10-9-20(28)8-6-18-4-2-1-3-5-18/h1-8,11,16,21H,9-10,12-15,17H2/b8-6+/t21-/m0/s1. The molecule has 4 rings (SSSR count). The maximum Gasteiger partial charge on any atom is 0.414 e. The Kier molecular flexibility index (Phi) is 6.62. The number of carbonyl (C=O) groups is 2. The van der Waals surface area contributed by atoms with Gasteiger partial charge in [0, 0.05) is 19.5 Å². The zero-order valence-electron chi connectivity index (χ0n) is 17.2. The molecule has 2 saturated heterocycles. The van der Waals surface area contributed by atoms with E-state index in [-0.39, 0.29) is 18.0 Å². The van der Waals surface area contributed by atoms with Gasteiger partial charge in [0.05, 0.1) is 31.1 Å². The lowest BCUT2D eigenvalue weighted by molar-refractivity contribution is -0.115. The predicted octanol–water partition coefficient (Wildman–Crippen LogP) is 4.05. The van der Waals surface area contributed by atoms with Crippen LogP contribution in [-0.4, -0.2) is 50.8 Å². The van der Waals surface area contributed by atoms with Gasteiger partial charge in [-0.05, 0) is 36.3 Å². The summed E-state index contributed by atoms with van der Waals surface area (Å²) in [6.07, 6.45) is 3.10. The number of ether oxygens (including phenoxy) is 2. The van der Waals surface area contributed by atoms with E-state index >= 15 is 0 Å². The Labute approximate surface area is 180 Å². The lowest BCUT2D eigenvalue weighted by atomic mass is 10.1. The van der Waals surface area contributed by atoms with Crippen molar-refractivity contribution in [2.24, 2.45) is 0 Å². The molecule has 2 fully saturated rings. The molecule has 7 heteroatoms. The number of anilines is 2. The highest BCUT2D eigenvalue weighted by molar-refractivity contribution is 5.94. The van der Waals surface area contributed by atoms with Crippen LogP contribution < -0.4 is 9.80 Å².